The third-order valence-corrected chi connectivity index (χ3v) is 6.15. The van der Waals surface area contributed by atoms with Crippen molar-refractivity contribution in [1.82, 2.24) is 19.3 Å². The van der Waals surface area contributed by atoms with Gasteiger partial charge in [-0.1, -0.05) is 0 Å². The van der Waals surface area contributed by atoms with Gasteiger partial charge >= 0.3 is 11.8 Å². The standard InChI is InChI=1S/C22H20N6O3S/c1-27-19(11-17(26-27)13-7-9-32-12-13)25-21(30)20(29)23-14-5-6-16-15(10-14)22(31)28-8-3-2-4-18(28)24-16/h5-7,9-12H,2-4,8H2,1H3,(H,23,29)(H,25,30). The number of fused-ring (bicyclic) bond motifs is 2. The number of nitrogens with zero attached hydrogens (tertiary/aromatic N) is 4. The van der Waals surface area contributed by atoms with Crippen LogP contribution in [-0.2, 0) is 29.6 Å². The molecule has 0 spiro atoms. The Hall–Kier alpha value is -3.79. The van der Waals surface area contributed by atoms with Crippen LogP contribution < -0.4 is 16.2 Å². The van der Waals surface area contributed by atoms with E-state index in [2.05, 4.69) is 20.7 Å². The monoisotopic (exact) mass is 448 g/mol. The first-order chi connectivity index (χ1) is 15.5. The third kappa shape index (κ3) is 3.69. The lowest BCUT2D eigenvalue weighted by Gasteiger charge is -2.18. The first-order valence-electron chi connectivity index (χ1n) is 10.2. The van der Waals surface area contributed by atoms with Crippen molar-refractivity contribution in [3.8, 4) is 11.3 Å². The van der Waals surface area contributed by atoms with Crippen LogP contribution in [0.25, 0.3) is 22.2 Å². The summed E-state index contributed by atoms with van der Waals surface area (Å²) in [6, 6.07) is 8.53. The van der Waals surface area contributed by atoms with Gasteiger partial charge in [0.25, 0.3) is 5.56 Å². The largest absolute Gasteiger partial charge is 0.318 e. The first kappa shape index (κ1) is 20.1. The van der Waals surface area contributed by atoms with Crippen LogP contribution in [-0.4, -0.2) is 31.1 Å². The molecule has 10 heteroatoms. The molecule has 0 saturated carbocycles. The Morgan fingerprint density at radius 1 is 1.09 bits per heavy atom. The summed E-state index contributed by atoms with van der Waals surface area (Å²) in [5.74, 6) is -0.472. The lowest BCUT2D eigenvalue weighted by molar-refractivity contribution is -0.133. The molecule has 0 radical (unpaired) electrons. The van der Waals surface area contributed by atoms with E-state index in [0.717, 1.165) is 30.7 Å². The number of hydrogen-bond acceptors (Lipinski definition) is 6. The predicted molar refractivity (Wildman–Crippen MR) is 123 cm³/mol. The van der Waals surface area contributed by atoms with Gasteiger partial charge in [-0.25, -0.2) is 4.98 Å². The normalized spacial score (nSPS) is 13.0. The van der Waals surface area contributed by atoms with Crippen molar-refractivity contribution >= 4 is 45.6 Å². The highest BCUT2D eigenvalue weighted by atomic mass is 32.1. The van der Waals surface area contributed by atoms with Crippen molar-refractivity contribution < 1.29 is 9.59 Å². The molecule has 0 atom stereocenters. The van der Waals surface area contributed by atoms with Gasteiger partial charge in [0.05, 0.1) is 16.6 Å². The summed E-state index contributed by atoms with van der Waals surface area (Å²) in [5.41, 5.74) is 2.46. The van der Waals surface area contributed by atoms with Gasteiger partial charge in [0.15, 0.2) is 0 Å². The van der Waals surface area contributed by atoms with Crippen molar-refractivity contribution in [3.63, 3.8) is 0 Å². The van der Waals surface area contributed by atoms with Crippen molar-refractivity contribution in [2.45, 2.75) is 25.8 Å². The molecule has 0 bridgehead atoms. The van der Waals surface area contributed by atoms with Gasteiger partial charge in [-0.05, 0) is 42.5 Å². The van der Waals surface area contributed by atoms with Gasteiger partial charge in [-0.3, -0.25) is 23.6 Å². The number of aryl methyl sites for hydroxylation is 2. The Balaban J connectivity index is 1.34. The van der Waals surface area contributed by atoms with Crippen LogP contribution in [0.15, 0.2) is 45.9 Å². The maximum absolute atomic E-state index is 12.8. The van der Waals surface area contributed by atoms with E-state index >= 15 is 0 Å². The second-order valence-corrected chi connectivity index (χ2v) is 8.41. The van der Waals surface area contributed by atoms with Gasteiger partial charge in [-0.15, -0.1) is 0 Å². The maximum atomic E-state index is 12.8. The summed E-state index contributed by atoms with van der Waals surface area (Å²) in [7, 11) is 1.69. The smallest absolute Gasteiger partial charge is 0.315 e. The topological polar surface area (TPSA) is 111 Å². The second-order valence-electron chi connectivity index (χ2n) is 7.63. The van der Waals surface area contributed by atoms with E-state index in [1.54, 1.807) is 47.2 Å². The lowest BCUT2D eigenvalue weighted by Crippen LogP contribution is -2.30. The molecule has 0 aliphatic carbocycles. The number of carbonyl (C=O) groups excluding carboxylic acids is 2. The molecule has 2 N–H and O–H groups in total. The number of anilines is 2. The van der Waals surface area contributed by atoms with Gasteiger partial charge < -0.3 is 10.6 Å². The molecule has 9 nitrogen and oxygen atoms in total. The molecule has 0 fully saturated rings. The van der Waals surface area contributed by atoms with Crippen LogP contribution in [0.4, 0.5) is 11.5 Å². The summed E-state index contributed by atoms with van der Waals surface area (Å²) in [5, 5.41) is 13.8. The molecule has 2 amide bonds. The summed E-state index contributed by atoms with van der Waals surface area (Å²) < 4.78 is 3.20. The van der Waals surface area contributed by atoms with Gasteiger partial charge in [0.2, 0.25) is 0 Å². The second kappa shape index (κ2) is 8.04. The Morgan fingerprint density at radius 3 is 2.75 bits per heavy atom. The van der Waals surface area contributed by atoms with Crippen LogP contribution in [0, 0.1) is 0 Å². The quantitative estimate of drug-likeness (QED) is 0.468. The highest BCUT2D eigenvalue weighted by molar-refractivity contribution is 7.08. The first-order valence-corrected chi connectivity index (χ1v) is 11.2. The zero-order valence-corrected chi connectivity index (χ0v) is 18.1. The van der Waals surface area contributed by atoms with E-state index in [1.165, 1.54) is 4.68 Å². The van der Waals surface area contributed by atoms with Crippen molar-refractivity contribution in [3.05, 3.63) is 57.3 Å². The molecule has 4 heterocycles. The molecule has 162 valence electrons. The molecule has 0 saturated heterocycles. The van der Waals surface area contributed by atoms with E-state index in [1.807, 2.05) is 16.8 Å². The SMILES string of the molecule is Cn1nc(-c2ccsc2)cc1NC(=O)C(=O)Nc1ccc2nc3n(c(=O)c2c1)CCCC3. The molecule has 3 aromatic heterocycles. The van der Waals surface area contributed by atoms with Crippen LogP contribution in [0.3, 0.4) is 0 Å². The summed E-state index contributed by atoms with van der Waals surface area (Å²) in [4.78, 5) is 42.3. The molecule has 0 unspecified atom stereocenters. The fourth-order valence-electron chi connectivity index (χ4n) is 3.82. The Kier molecular flexibility index (Phi) is 5.06. The average molecular weight is 449 g/mol. The number of aromatic nitrogens is 4. The minimum absolute atomic E-state index is 0.124. The highest BCUT2D eigenvalue weighted by Crippen LogP contribution is 2.23. The zero-order chi connectivity index (χ0) is 22.2. The van der Waals surface area contributed by atoms with Crippen LogP contribution >= 0.6 is 11.3 Å². The van der Waals surface area contributed by atoms with Crippen LogP contribution in [0.5, 0.6) is 0 Å². The molecule has 32 heavy (non-hydrogen) atoms. The molecule has 1 aromatic carbocycles. The van der Waals surface area contributed by atoms with E-state index in [9.17, 15) is 14.4 Å². The fourth-order valence-corrected chi connectivity index (χ4v) is 4.47. The van der Waals surface area contributed by atoms with Crippen LogP contribution in [0.1, 0.15) is 18.7 Å². The number of hydrogen-bond donors (Lipinski definition) is 2. The lowest BCUT2D eigenvalue weighted by atomic mass is 10.1. The number of thiophene rings is 1. The van der Waals surface area contributed by atoms with E-state index < -0.39 is 11.8 Å². The minimum atomic E-state index is -0.839. The third-order valence-electron chi connectivity index (χ3n) is 5.47. The van der Waals surface area contributed by atoms with Crippen molar-refractivity contribution in [2.75, 3.05) is 10.6 Å². The van der Waals surface area contributed by atoms with E-state index in [4.69, 9.17) is 0 Å². The zero-order valence-electron chi connectivity index (χ0n) is 17.3. The van der Waals surface area contributed by atoms with Crippen molar-refractivity contribution in [2.24, 2.45) is 7.05 Å². The number of amides is 2. The summed E-state index contributed by atoms with van der Waals surface area (Å²) in [6.45, 7) is 0.647. The molecule has 1 aliphatic heterocycles. The Morgan fingerprint density at radius 2 is 1.94 bits per heavy atom. The maximum Gasteiger partial charge on any atom is 0.315 e. The van der Waals surface area contributed by atoms with E-state index in [-0.39, 0.29) is 5.56 Å². The number of benzene rings is 1. The molecular weight excluding hydrogens is 428 g/mol. The van der Waals surface area contributed by atoms with E-state index in [0.29, 0.717) is 34.6 Å². The molecule has 1 aliphatic rings. The van der Waals surface area contributed by atoms with Crippen LogP contribution in [0.2, 0.25) is 0 Å². The van der Waals surface area contributed by atoms with Gasteiger partial charge in [0.1, 0.15) is 11.6 Å². The Bertz CT molecular complexity index is 1400. The average Bonchev–Trinajstić information content (AvgIpc) is 3.45. The summed E-state index contributed by atoms with van der Waals surface area (Å²) in [6.07, 6.45) is 2.75. The molecular formula is C22H20N6O3S. The van der Waals surface area contributed by atoms with Gasteiger partial charge in [0, 0.05) is 42.7 Å². The number of rotatable bonds is 3. The summed E-state index contributed by atoms with van der Waals surface area (Å²) >= 11 is 1.55. The molecule has 4 aromatic rings. The highest BCUT2D eigenvalue weighted by Gasteiger charge is 2.19. The van der Waals surface area contributed by atoms with Gasteiger partial charge in [-0.2, -0.15) is 16.4 Å². The number of carbonyl (C=O) groups is 2. The minimum Gasteiger partial charge on any atom is -0.318 e. The number of nitrogens with one attached hydrogen (secondary N) is 2. The molecule has 5 rings (SSSR count). The predicted octanol–water partition coefficient (Wildman–Crippen LogP) is 2.77. The van der Waals surface area contributed by atoms with Crippen molar-refractivity contribution in [1.29, 1.82) is 0 Å². The fraction of sp³-hybridized carbons (Fsp3) is 0.227. The Labute approximate surface area is 186 Å².